The number of benzene rings is 6. The fourth-order valence-electron chi connectivity index (χ4n) is 6.76. The normalized spacial score (nSPS) is 11.5. The molecule has 0 spiro atoms. The maximum Gasteiger partial charge on any atom is 0.0978 e. The second kappa shape index (κ2) is 14.4. The van der Waals surface area contributed by atoms with E-state index in [1.807, 2.05) is 0 Å². The van der Waals surface area contributed by atoms with Crippen molar-refractivity contribution in [2.24, 2.45) is 9.98 Å². The predicted octanol–water partition coefficient (Wildman–Crippen LogP) is 11.4. The Morgan fingerprint density at radius 3 is 0.792 bits per heavy atom. The molecular weight excluding hydrogens is 581 g/mol. The molecule has 0 aromatic heterocycles. The first kappa shape index (κ1) is 32.3. The van der Waals surface area contributed by atoms with Crippen LogP contribution in [0, 0.1) is 41.5 Å². The Hall–Kier alpha value is -5.60. The molecule has 0 aliphatic heterocycles. The van der Waals surface area contributed by atoms with Crippen LogP contribution in [-0.4, -0.2) is 11.4 Å². The van der Waals surface area contributed by atoms with Crippen LogP contribution >= 0.6 is 0 Å². The van der Waals surface area contributed by atoms with Crippen LogP contribution in [0.4, 0.5) is 0 Å². The zero-order chi connectivity index (χ0) is 33.6. The van der Waals surface area contributed by atoms with Gasteiger partial charge in [-0.1, -0.05) is 157 Å². The SMILES string of the molecule is Cc1cc(C)c(/C(N=C(c2ccccc2)c2ccccc2)=C(/N=C(c2ccccc2)c2ccccc2)c2c(C)cc(C)cc2C)c(C)c1. The van der Waals surface area contributed by atoms with Crippen molar-refractivity contribution in [2.75, 3.05) is 0 Å². The van der Waals surface area contributed by atoms with Gasteiger partial charge in [0.1, 0.15) is 0 Å². The van der Waals surface area contributed by atoms with Gasteiger partial charge in [-0.05, 0) is 63.8 Å². The first-order chi connectivity index (χ1) is 23.3. The molecule has 0 atom stereocenters. The van der Waals surface area contributed by atoms with Crippen LogP contribution < -0.4 is 0 Å². The summed E-state index contributed by atoms with van der Waals surface area (Å²) in [6.45, 7) is 13.1. The third kappa shape index (κ3) is 7.04. The molecule has 0 aliphatic carbocycles. The number of aliphatic imine (C=N–C) groups is 2. The van der Waals surface area contributed by atoms with Gasteiger partial charge in [-0.25, -0.2) is 9.98 Å². The number of hydrogen-bond donors (Lipinski definition) is 0. The fourth-order valence-corrected chi connectivity index (χ4v) is 6.76. The van der Waals surface area contributed by atoms with Gasteiger partial charge in [0.15, 0.2) is 0 Å². The molecule has 0 fully saturated rings. The molecule has 0 aliphatic rings. The van der Waals surface area contributed by atoms with E-state index in [0.717, 1.165) is 56.2 Å². The summed E-state index contributed by atoms with van der Waals surface area (Å²) in [6.07, 6.45) is 0. The lowest BCUT2D eigenvalue weighted by Gasteiger charge is -2.21. The Kier molecular flexibility index (Phi) is 9.73. The van der Waals surface area contributed by atoms with Crippen LogP contribution in [-0.2, 0) is 0 Å². The Morgan fingerprint density at radius 1 is 0.333 bits per heavy atom. The van der Waals surface area contributed by atoms with Gasteiger partial charge in [-0.3, -0.25) is 0 Å². The van der Waals surface area contributed by atoms with Gasteiger partial charge in [-0.15, -0.1) is 0 Å². The molecule has 0 saturated heterocycles. The zero-order valence-corrected chi connectivity index (χ0v) is 28.8. The Bertz CT molecular complexity index is 1850. The molecular formula is C46H42N2. The molecule has 2 heteroatoms. The van der Waals surface area contributed by atoms with Crippen LogP contribution in [0.3, 0.4) is 0 Å². The standard InChI is InChI=1S/C46H42N2/c1-31-27-33(3)41(34(4)28-31)45(47-43(37-19-11-7-12-20-37)38-21-13-8-14-22-38)46(42-35(5)29-32(2)30-36(42)6)48-44(39-23-15-9-16-24-39)40-25-17-10-18-26-40/h7-30H,1-6H3/b46-45-. The maximum atomic E-state index is 5.75. The highest BCUT2D eigenvalue weighted by Gasteiger charge is 2.22. The lowest BCUT2D eigenvalue weighted by atomic mass is 9.90. The Balaban J connectivity index is 1.85. The van der Waals surface area contributed by atoms with E-state index in [1.54, 1.807) is 0 Å². The monoisotopic (exact) mass is 622 g/mol. The fraction of sp³-hybridized carbons (Fsp3) is 0.130. The quantitative estimate of drug-likeness (QED) is 0.119. The van der Waals surface area contributed by atoms with Crippen molar-refractivity contribution in [3.63, 3.8) is 0 Å². The van der Waals surface area contributed by atoms with Crippen LogP contribution in [0.2, 0.25) is 0 Å². The van der Waals surface area contributed by atoms with Gasteiger partial charge in [0.05, 0.1) is 22.8 Å². The molecule has 6 aromatic rings. The molecule has 0 amide bonds. The third-order valence-electron chi connectivity index (χ3n) is 8.69. The number of hydrogen-bond acceptors (Lipinski definition) is 2. The van der Waals surface area contributed by atoms with E-state index in [9.17, 15) is 0 Å². The van der Waals surface area contributed by atoms with Gasteiger partial charge in [0, 0.05) is 33.4 Å². The highest BCUT2D eigenvalue weighted by Crippen LogP contribution is 2.38. The van der Waals surface area contributed by atoms with E-state index in [2.05, 4.69) is 187 Å². The number of rotatable bonds is 8. The molecule has 2 nitrogen and oxygen atoms in total. The van der Waals surface area contributed by atoms with Crippen molar-refractivity contribution >= 4 is 22.8 Å². The summed E-state index contributed by atoms with van der Waals surface area (Å²) in [6, 6.07) is 51.0. The van der Waals surface area contributed by atoms with E-state index >= 15 is 0 Å². The molecule has 0 bridgehead atoms. The van der Waals surface area contributed by atoms with Gasteiger partial charge in [-0.2, -0.15) is 0 Å². The average molecular weight is 623 g/mol. The van der Waals surface area contributed by atoms with Crippen molar-refractivity contribution in [2.45, 2.75) is 41.5 Å². The van der Waals surface area contributed by atoms with Crippen molar-refractivity contribution in [3.05, 3.63) is 212 Å². The molecule has 6 aromatic carbocycles. The molecule has 0 N–H and O–H groups in total. The molecule has 0 unspecified atom stereocenters. The van der Waals surface area contributed by atoms with Crippen molar-refractivity contribution in [1.82, 2.24) is 0 Å². The second-order valence-electron chi connectivity index (χ2n) is 12.6. The van der Waals surface area contributed by atoms with Crippen molar-refractivity contribution < 1.29 is 0 Å². The molecule has 236 valence electrons. The summed E-state index contributed by atoms with van der Waals surface area (Å²) in [5.74, 6) is 0. The zero-order valence-electron chi connectivity index (χ0n) is 28.8. The highest BCUT2D eigenvalue weighted by atomic mass is 14.9. The Morgan fingerprint density at radius 2 is 0.562 bits per heavy atom. The minimum Gasteiger partial charge on any atom is -0.245 e. The summed E-state index contributed by atoms with van der Waals surface area (Å²) in [7, 11) is 0. The van der Waals surface area contributed by atoms with Crippen LogP contribution in [0.25, 0.3) is 11.4 Å². The molecule has 0 heterocycles. The topological polar surface area (TPSA) is 24.7 Å². The molecule has 6 rings (SSSR count). The predicted molar refractivity (Wildman–Crippen MR) is 205 cm³/mol. The maximum absolute atomic E-state index is 5.75. The molecule has 0 radical (unpaired) electrons. The summed E-state index contributed by atoms with van der Waals surface area (Å²) in [5, 5.41) is 0. The van der Waals surface area contributed by atoms with Gasteiger partial charge in [0.25, 0.3) is 0 Å². The lowest BCUT2D eigenvalue weighted by Crippen LogP contribution is -2.09. The van der Waals surface area contributed by atoms with E-state index in [4.69, 9.17) is 9.98 Å². The summed E-state index contributed by atoms with van der Waals surface area (Å²) in [5.41, 5.74) is 17.1. The minimum atomic E-state index is 0.854. The minimum absolute atomic E-state index is 0.854. The second-order valence-corrected chi connectivity index (χ2v) is 12.6. The first-order valence-electron chi connectivity index (χ1n) is 16.6. The smallest absolute Gasteiger partial charge is 0.0978 e. The average Bonchev–Trinajstić information content (AvgIpc) is 3.08. The highest BCUT2D eigenvalue weighted by molar-refractivity contribution is 6.18. The summed E-state index contributed by atoms with van der Waals surface area (Å²) in [4.78, 5) is 11.5. The van der Waals surface area contributed by atoms with E-state index < -0.39 is 0 Å². The lowest BCUT2D eigenvalue weighted by molar-refractivity contribution is 1.25. The summed E-state index contributed by atoms with van der Waals surface area (Å²) >= 11 is 0. The number of nitrogens with zero attached hydrogens (tertiary/aromatic N) is 2. The first-order valence-corrected chi connectivity index (χ1v) is 16.6. The van der Waals surface area contributed by atoms with E-state index in [-0.39, 0.29) is 0 Å². The Labute approximate surface area is 285 Å². The summed E-state index contributed by atoms with van der Waals surface area (Å²) < 4.78 is 0. The van der Waals surface area contributed by atoms with E-state index in [1.165, 1.54) is 33.4 Å². The van der Waals surface area contributed by atoms with Gasteiger partial charge < -0.3 is 0 Å². The molecule has 0 saturated carbocycles. The van der Waals surface area contributed by atoms with E-state index in [0.29, 0.717) is 0 Å². The largest absolute Gasteiger partial charge is 0.245 e. The van der Waals surface area contributed by atoms with Crippen LogP contribution in [0.15, 0.2) is 156 Å². The van der Waals surface area contributed by atoms with Crippen LogP contribution in [0.1, 0.15) is 66.8 Å². The number of aryl methyl sites for hydroxylation is 6. The van der Waals surface area contributed by atoms with Crippen molar-refractivity contribution in [1.29, 1.82) is 0 Å². The van der Waals surface area contributed by atoms with Gasteiger partial charge in [0.2, 0.25) is 0 Å². The van der Waals surface area contributed by atoms with Crippen molar-refractivity contribution in [3.8, 4) is 0 Å². The van der Waals surface area contributed by atoms with Crippen LogP contribution in [0.5, 0.6) is 0 Å². The molecule has 48 heavy (non-hydrogen) atoms. The third-order valence-corrected chi connectivity index (χ3v) is 8.69. The van der Waals surface area contributed by atoms with Gasteiger partial charge >= 0.3 is 0 Å².